The number of amides is 2. The first-order valence-corrected chi connectivity index (χ1v) is 38.4. The summed E-state index contributed by atoms with van der Waals surface area (Å²) in [5.41, 5.74) is 0. The van der Waals surface area contributed by atoms with Gasteiger partial charge in [-0.1, -0.05) is 277 Å². The molecule has 0 aliphatic carbocycles. The predicted molar refractivity (Wildman–Crippen MR) is 366 cm³/mol. The van der Waals surface area contributed by atoms with E-state index in [1.54, 1.807) is 0 Å². The molecule has 3 fully saturated rings. The van der Waals surface area contributed by atoms with Crippen LogP contribution >= 0.6 is 0 Å². The van der Waals surface area contributed by atoms with E-state index in [1.165, 1.54) is 212 Å². The Bertz CT molecular complexity index is 1930. The summed E-state index contributed by atoms with van der Waals surface area (Å²) in [5, 5.41) is 136. The zero-order chi connectivity index (χ0) is 70.4. The second-order valence-electron chi connectivity index (χ2n) is 28.2. The van der Waals surface area contributed by atoms with Gasteiger partial charge in [0.1, 0.15) is 67.1 Å². The van der Waals surface area contributed by atoms with Gasteiger partial charge in [-0.05, 0) is 12.8 Å². The topological polar surface area (TPSA) is 373 Å². The largest absolute Gasteiger partial charge is 0.477 e. The zero-order valence-electron chi connectivity index (χ0n) is 59.5. The van der Waals surface area contributed by atoms with Crippen molar-refractivity contribution in [1.29, 1.82) is 0 Å². The van der Waals surface area contributed by atoms with Crippen LogP contribution in [-0.2, 0) is 42.8 Å². The number of aliphatic hydroxyl groups excluding tert-OH is 11. The van der Waals surface area contributed by atoms with E-state index in [0.29, 0.717) is 19.3 Å². The lowest BCUT2D eigenvalue weighted by Gasteiger charge is -2.50. The van der Waals surface area contributed by atoms with E-state index < -0.39 is 148 Å². The van der Waals surface area contributed by atoms with E-state index in [2.05, 4.69) is 24.5 Å². The van der Waals surface area contributed by atoms with E-state index in [9.17, 15) is 75.7 Å². The van der Waals surface area contributed by atoms with Crippen molar-refractivity contribution in [2.75, 3.05) is 26.4 Å². The van der Waals surface area contributed by atoms with Crippen LogP contribution in [0.4, 0.5) is 0 Å². The van der Waals surface area contributed by atoms with E-state index in [-0.39, 0.29) is 18.9 Å². The van der Waals surface area contributed by atoms with Gasteiger partial charge in [0.15, 0.2) is 12.6 Å². The molecule has 18 unspecified atom stereocenters. The van der Waals surface area contributed by atoms with Crippen molar-refractivity contribution in [2.45, 2.75) is 420 Å². The van der Waals surface area contributed by atoms with Crippen LogP contribution in [0.5, 0.6) is 0 Å². The fourth-order valence-corrected chi connectivity index (χ4v) is 13.7. The highest BCUT2D eigenvalue weighted by Gasteiger charge is 2.60. The number of rotatable bonds is 60. The smallest absolute Gasteiger partial charge is 0.364 e. The van der Waals surface area contributed by atoms with E-state index in [0.717, 1.165) is 51.9 Å². The zero-order valence-corrected chi connectivity index (χ0v) is 59.5. The van der Waals surface area contributed by atoms with Crippen LogP contribution in [0.1, 0.15) is 310 Å². The van der Waals surface area contributed by atoms with Crippen molar-refractivity contribution >= 4 is 17.8 Å². The van der Waals surface area contributed by atoms with Crippen LogP contribution in [-0.4, -0.2) is 215 Å². The third-order valence-corrected chi connectivity index (χ3v) is 19.8. The lowest BCUT2D eigenvalue weighted by atomic mass is 9.88. The first kappa shape index (κ1) is 87.9. The molecule has 0 aromatic heterocycles. The molecular formula is C73H138N2O21. The van der Waals surface area contributed by atoms with Crippen molar-refractivity contribution in [3.8, 4) is 0 Å². The van der Waals surface area contributed by atoms with Crippen LogP contribution in [0, 0.1) is 0 Å². The number of carboxylic acid groups (broad SMARTS) is 1. The number of unbranched alkanes of at least 4 members (excludes halogenated alkanes) is 40. The van der Waals surface area contributed by atoms with Gasteiger partial charge in [-0.25, -0.2) is 4.79 Å². The summed E-state index contributed by atoms with van der Waals surface area (Å²) in [6.45, 7) is 2.26. The molecule has 3 rings (SSSR count). The third-order valence-electron chi connectivity index (χ3n) is 19.8. The van der Waals surface area contributed by atoms with Gasteiger partial charge < -0.3 is 100 Å². The SMILES string of the molecule is CCCCCCCCCCCCCCCCCCCCCCCCCC(=O)NC(COC1OC(CO)C(OC2OC(CO)C(O)C(OC3(C(=O)O)CC(O)C(NC(C)=O)C(C(O)C(O)CO)O3)C2O)C(O)C1O)C(O)CCCCCCCCCCCCCCCCCCCCC. The second-order valence-corrected chi connectivity index (χ2v) is 28.2. The Morgan fingerprint density at radius 2 is 0.906 bits per heavy atom. The maximum absolute atomic E-state index is 13.5. The second kappa shape index (κ2) is 53.5. The number of aliphatic carboxylic acids is 1. The molecule has 96 heavy (non-hydrogen) atoms. The maximum atomic E-state index is 13.5. The minimum atomic E-state index is -3.08. The number of hydrogen-bond acceptors (Lipinski definition) is 20. The highest BCUT2D eigenvalue weighted by molar-refractivity contribution is 5.77. The summed E-state index contributed by atoms with van der Waals surface area (Å²) in [4.78, 5) is 38.7. The summed E-state index contributed by atoms with van der Waals surface area (Å²) in [7, 11) is 0. The quantitative estimate of drug-likeness (QED) is 0.0253. The Morgan fingerprint density at radius 3 is 1.30 bits per heavy atom. The van der Waals surface area contributed by atoms with E-state index in [4.69, 9.17) is 28.4 Å². The van der Waals surface area contributed by atoms with Gasteiger partial charge in [0.25, 0.3) is 5.79 Å². The number of ether oxygens (including phenoxy) is 6. The van der Waals surface area contributed by atoms with Gasteiger partial charge in [-0.3, -0.25) is 9.59 Å². The van der Waals surface area contributed by atoms with Gasteiger partial charge >= 0.3 is 5.97 Å². The molecule has 3 aliphatic rings. The van der Waals surface area contributed by atoms with Crippen molar-refractivity contribution in [1.82, 2.24) is 10.6 Å². The van der Waals surface area contributed by atoms with Crippen LogP contribution in [0.25, 0.3) is 0 Å². The van der Waals surface area contributed by atoms with Gasteiger partial charge in [0.2, 0.25) is 11.8 Å². The Morgan fingerprint density at radius 1 is 0.500 bits per heavy atom. The average Bonchev–Trinajstić information content (AvgIpc) is 0.784. The molecular weight excluding hydrogens is 1240 g/mol. The Labute approximate surface area is 576 Å². The Balaban J connectivity index is 1.54. The van der Waals surface area contributed by atoms with E-state index >= 15 is 0 Å². The normalized spacial score (nSPS) is 27.5. The molecule has 0 spiro atoms. The summed E-state index contributed by atoms with van der Waals surface area (Å²) in [6.07, 6.45) is 23.8. The van der Waals surface area contributed by atoms with Crippen molar-refractivity contribution in [3.63, 3.8) is 0 Å². The maximum Gasteiger partial charge on any atom is 0.364 e. The van der Waals surface area contributed by atoms with Crippen molar-refractivity contribution in [2.24, 2.45) is 0 Å². The predicted octanol–water partition coefficient (Wildman–Crippen LogP) is 8.85. The number of carboxylic acids is 1. The third kappa shape index (κ3) is 34.6. The van der Waals surface area contributed by atoms with Crippen molar-refractivity contribution < 1.29 is 104 Å². The molecule has 18 atom stereocenters. The van der Waals surface area contributed by atoms with Crippen molar-refractivity contribution in [3.05, 3.63) is 0 Å². The lowest BCUT2D eigenvalue weighted by molar-refractivity contribution is -0.386. The van der Waals surface area contributed by atoms with Gasteiger partial charge in [-0.2, -0.15) is 0 Å². The lowest BCUT2D eigenvalue weighted by Crippen LogP contribution is -2.70. The van der Waals surface area contributed by atoms with Crippen LogP contribution in [0.3, 0.4) is 0 Å². The highest BCUT2D eigenvalue weighted by Crippen LogP contribution is 2.39. The molecule has 23 nitrogen and oxygen atoms in total. The van der Waals surface area contributed by atoms with Gasteiger partial charge in [0, 0.05) is 19.8 Å². The molecule has 0 aromatic rings. The molecule has 14 N–H and O–H groups in total. The molecule has 3 heterocycles. The fourth-order valence-electron chi connectivity index (χ4n) is 13.7. The standard InChI is InChI=1S/C73H138N2O21/c1-4-6-8-10-12-14-16-18-20-22-24-25-26-27-29-31-33-35-37-39-41-43-45-47-60(83)75-54(55(80)46-44-42-40-38-36-34-32-30-28-23-21-19-17-15-13-11-9-7-5-2)52-91-70-65(87)64(86)67(59(51-78)93-70)94-71-66(88)69(63(85)58(50-77)92-71)96-73(72(89)90)48-56(81)61(74-53(3)79)68(95-73)62(84)57(82)49-76/h54-59,61-71,76-78,80-82,84-88H,4-52H2,1-3H3,(H,74,79)(H,75,83)(H,89,90). The van der Waals surface area contributed by atoms with Gasteiger partial charge in [0.05, 0.1) is 50.7 Å². The minimum absolute atomic E-state index is 0.230. The first-order chi connectivity index (χ1) is 46.4. The van der Waals surface area contributed by atoms with Crippen LogP contribution < -0.4 is 10.6 Å². The molecule has 566 valence electrons. The number of nitrogens with one attached hydrogen (secondary N) is 2. The summed E-state index contributed by atoms with van der Waals surface area (Å²) in [6, 6.07) is -2.52. The number of carbonyl (C=O) groups is 3. The van der Waals surface area contributed by atoms with E-state index in [1.807, 2.05) is 0 Å². The van der Waals surface area contributed by atoms with Crippen LogP contribution in [0.15, 0.2) is 0 Å². The molecule has 0 bridgehead atoms. The number of aliphatic hydroxyl groups is 11. The Kier molecular flexibility index (Phi) is 49.0. The van der Waals surface area contributed by atoms with Crippen LogP contribution in [0.2, 0.25) is 0 Å². The molecule has 3 saturated heterocycles. The van der Waals surface area contributed by atoms with Gasteiger partial charge in [-0.15, -0.1) is 0 Å². The molecule has 0 aromatic carbocycles. The molecule has 0 radical (unpaired) electrons. The Hall–Kier alpha value is -2.27. The first-order valence-electron chi connectivity index (χ1n) is 38.4. The molecule has 2 amide bonds. The average molecular weight is 1380 g/mol. The monoisotopic (exact) mass is 1380 g/mol. The number of carbonyl (C=O) groups excluding carboxylic acids is 2. The molecule has 23 heteroatoms. The summed E-state index contributed by atoms with van der Waals surface area (Å²) >= 11 is 0. The fraction of sp³-hybridized carbons (Fsp3) is 0.959. The molecule has 3 aliphatic heterocycles. The minimum Gasteiger partial charge on any atom is -0.477 e. The summed E-state index contributed by atoms with van der Waals surface area (Å²) in [5.74, 6) is -6.09. The molecule has 0 saturated carbocycles. The highest BCUT2D eigenvalue weighted by atomic mass is 16.8. The summed E-state index contributed by atoms with van der Waals surface area (Å²) < 4.78 is 34.9. The number of hydrogen-bond donors (Lipinski definition) is 14.